The second-order valence-electron chi connectivity index (χ2n) is 10.5. The second-order valence-corrected chi connectivity index (χ2v) is 10.5. The molecule has 2 aliphatic heterocycles. The first kappa shape index (κ1) is 23.9. The zero-order chi connectivity index (χ0) is 27.2. The van der Waals surface area contributed by atoms with Crippen molar-refractivity contribution < 1.29 is 0 Å². The SMILES string of the molecule is c1cc2nc(c1)-c1ccnn1CN1Cc3cccc(n3)-n3ccc(n3)CN(C2)Cc2cccc(n2)-n2ccc(n2)C1. The van der Waals surface area contributed by atoms with Gasteiger partial charge in [0, 0.05) is 51.3 Å². The molecule has 2 atom stereocenters. The topological polar surface area (TPSA) is 98.6 Å². The van der Waals surface area contributed by atoms with Crippen LogP contribution in [0.5, 0.6) is 0 Å². The first-order valence-electron chi connectivity index (χ1n) is 13.7. The third kappa shape index (κ3) is 4.81. The third-order valence-electron chi connectivity index (χ3n) is 7.39. The second kappa shape index (κ2) is 9.88. The van der Waals surface area contributed by atoms with E-state index in [0.717, 1.165) is 51.5 Å². The summed E-state index contributed by atoms with van der Waals surface area (Å²) in [5.41, 5.74) is 6.61. The molecule has 0 aliphatic carbocycles. The fourth-order valence-corrected chi connectivity index (χ4v) is 5.54. The molecule has 6 aromatic rings. The van der Waals surface area contributed by atoms with Crippen LogP contribution in [0.4, 0.5) is 0 Å². The predicted octanol–water partition coefficient (Wildman–Crippen LogP) is 3.60. The van der Waals surface area contributed by atoms with Crippen molar-refractivity contribution >= 4 is 0 Å². The van der Waals surface area contributed by atoms with Crippen LogP contribution in [-0.2, 0) is 39.4 Å². The van der Waals surface area contributed by atoms with Gasteiger partial charge in [0.2, 0.25) is 0 Å². The molecule has 0 N–H and O–H groups in total. The Balaban J connectivity index is 1.33. The minimum Gasteiger partial charge on any atom is -0.286 e. The Hall–Kier alpha value is -5.00. The van der Waals surface area contributed by atoms with Crippen LogP contribution in [0.25, 0.3) is 23.0 Å². The number of rotatable bonds is 0. The fourth-order valence-electron chi connectivity index (χ4n) is 5.54. The summed E-state index contributed by atoms with van der Waals surface area (Å²) in [7, 11) is 0. The van der Waals surface area contributed by atoms with Crippen LogP contribution in [0, 0.1) is 0 Å². The van der Waals surface area contributed by atoms with E-state index in [2.05, 4.69) is 46.2 Å². The molecule has 0 spiro atoms. The molecule has 11 heteroatoms. The van der Waals surface area contributed by atoms with Crippen LogP contribution in [-0.4, -0.2) is 54.1 Å². The van der Waals surface area contributed by atoms with Gasteiger partial charge < -0.3 is 0 Å². The lowest BCUT2D eigenvalue weighted by atomic mass is 10.2. The van der Waals surface area contributed by atoms with E-state index in [1.165, 1.54) is 0 Å². The van der Waals surface area contributed by atoms with Gasteiger partial charge in [0.15, 0.2) is 11.6 Å². The van der Waals surface area contributed by atoms with E-state index in [1.807, 2.05) is 69.0 Å². The van der Waals surface area contributed by atoms with Gasteiger partial charge in [0.1, 0.15) is 0 Å². The Labute approximate surface area is 236 Å². The van der Waals surface area contributed by atoms with E-state index in [9.17, 15) is 0 Å². The third-order valence-corrected chi connectivity index (χ3v) is 7.39. The van der Waals surface area contributed by atoms with Gasteiger partial charge in [-0.2, -0.15) is 15.3 Å². The standard InChI is InChI=1S/C30H27N11/c1-4-22-16-37-17-23-5-2-8-29(33-23)40-15-12-26(36-40)20-38(21-41-28(10-13-31-41)27(7-1)32-22)18-24-6-3-9-30(34-24)39-14-11-25(19-37)35-39/h1-15H,16-21H2. The molecule has 41 heavy (non-hydrogen) atoms. The molecule has 11 nitrogen and oxygen atoms in total. The normalized spacial score (nSPS) is 18.1. The number of hydrogen-bond donors (Lipinski definition) is 0. The summed E-state index contributed by atoms with van der Waals surface area (Å²) in [5, 5.41) is 14.5. The minimum absolute atomic E-state index is 0.540. The average molecular weight is 542 g/mol. The number of nitrogens with zero attached hydrogens (tertiary/aromatic N) is 11. The molecule has 202 valence electrons. The Kier molecular flexibility index (Phi) is 5.75. The van der Waals surface area contributed by atoms with Crippen LogP contribution < -0.4 is 0 Å². The van der Waals surface area contributed by atoms with Crippen molar-refractivity contribution in [2.24, 2.45) is 0 Å². The van der Waals surface area contributed by atoms with Crippen LogP contribution in [0.3, 0.4) is 0 Å². The molecule has 0 radical (unpaired) electrons. The molecule has 8 rings (SSSR count). The van der Waals surface area contributed by atoms with E-state index in [1.54, 1.807) is 0 Å². The van der Waals surface area contributed by atoms with E-state index in [0.29, 0.717) is 39.4 Å². The van der Waals surface area contributed by atoms with E-state index in [4.69, 9.17) is 30.2 Å². The maximum atomic E-state index is 5.08. The zero-order valence-corrected chi connectivity index (χ0v) is 22.3. The lowest BCUT2D eigenvalue weighted by Crippen LogP contribution is -2.27. The van der Waals surface area contributed by atoms with Crippen LogP contribution in [0.1, 0.15) is 28.5 Å². The summed E-state index contributed by atoms with van der Waals surface area (Å²) in [6, 6.07) is 24.5. The minimum atomic E-state index is 0.540. The lowest BCUT2D eigenvalue weighted by Gasteiger charge is -2.22. The molecule has 0 fully saturated rings. The van der Waals surface area contributed by atoms with E-state index < -0.39 is 0 Å². The summed E-state index contributed by atoms with van der Waals surface area (Å²) in [6.07, 6.45) is 5.80. The van der Waals surface area contributed by atoms with Gasteiger partial charge in [0.05, 0.1) is 46.5 Å². The molecular weight excluding hydrogens is 514 g/mol. The lowest BCUT2D eigenvalue weighted by molar-refractivity contribution is 0.186. The summed E-state index contributed by atoms with van der Waals surface area (Å²) in [5.74, 6) is 1.58. The molecule has 2 unspecified atom stereocenters. The Morgan fingerprint density at radius 3 is 1.76 bits per heavy atom. The van der Waals surface area contributed by atoms with Crippen molar-refractivity contribution in [2.75, 3.05) is 0 Å². The maximum Gasteiger partial charge on any atom is 0.153 e. The summed E-state index contributed by atoms with van der Waals surface area (Å²) < 4.78 is 5.71. The monoisotopic (exact) mass is 541 g/mol. The highest BCUT2D eigenvalue weighted by molar-refractivity contribution is 5.54. The van der Waals surface area contributed by atoms with Gasteiger partial charge in [-0.3, -0.25) is 9.80 Å². The van der Waals surface area contributed by atoms with E-state index >= 15 is 0 Å². The highest BCUT2D eigenvalue weighted by Crippen LogP contribution is 2.22. The molecule has 8 heterocycles. The highest BCUT2D eigenvalue weighted by Gasteiger charge is 2.19. The van der Waals surface area contributed by atoms with Crippen molar-refractivity contribution in [2.45, 2.75) is 39.4 Å². The van der Waals surface area contributed by atoms with Crippen LogP contribution in [0.2, 0.25) is 0 Å². The van der Waals surface area contributed by atoms with Crippen molar-refractivity contribution in [3.05, 3.63) is 120 Å². The number of hydrogen-bond acceptors (Lipinski definition) is 8. The predicted molar refractivity (Wildman–Crippen MR) is 150 cm³/mol. The molecular formula is C30H27N11. The summed E-state index contributed by atoms with van der Waals surface area (Å²) >= 11 is 0. The smallest absolute Gasteiger partial charge is 0.153 e. The number of fused-ring (bicyclic) bond motifs is 12. The molecule has 12 bridgehead atoms. The Morgan fingerprint density at radius 2 is 1.07 bits per heavy atom. The van der Waals surface area contributed by atoms with Crippen molar-refractivity contribution in [1.29, 1.82) is 0 Å². The van der Waals surface area contributed by atoms with E-state index in [-0.39, 0.29) is 0 Å². The Bertz CT molecular complexity index is 1850. The molecule has 2 aliphatic rings. The molecule has 6 aromatic heterocycles. The van der Waals surface area contributed by atoms with Gasteiger partial charge in [-0.05, 0) is 54.6 Å². The maximum absolute atomic E-state index is 5.08. The zero-order valence-electron chi connectivity index (χ0n) is 22.3. The average Bonchev–Trinajstić information content (AvgIpc) is 3.75. The van der Waals surface area contributed by atoms with Gasteiger partial charge in [-0.1, -0.05) is 18.2 Å². The molecule has 0 saturated heterocycles. The van der Waals surface area contributed by atoms with Crippen molar-refractivity contribution in [1.82, 2.24) is 54.1 Å². The van der Waals surface area contributed by atoms with Crippen molar-refractivity contribution in [3.8, 4) is 23.0 Å². The number of aromatic nitrogens is 9. The fraction of sp³-hybridized carbons (Fsp3) is 0.200. The quantitative estimate of drug-likeness (QED) is 0.288. The van der Waals surface area contributed by atoms with Gasteiger partial charge in [-0.25, -0.2) is 29.0 Å². The Morgan fingerprint density at radius 1 is 0.512 bits per heavy atom. The molecule has 0 saturated carbocycles. The largest absolute Gasteiger partial charge is 0.286 e. The number of pyridine rings is 3. The first-order valence-corrected chi connectivity index (χ1v) is 13.7. The molecule has 0 aromatic carbocycles. The van der Waals surface area contributed by atoms with Gasteiger partial charge >= 0.3 is 0 Å². The van der Waals surface area contributed by atoms with Crippen LogP contribution in [0.15, 0.2) is 91.4 Å². The first-order chi connectivity index (χ1) is 20.2. The summed E-state index contributed by atoms with van der Waals surface area (Å²) in [6.45, 7) is 3.63. The van der Waals surface area contributed by atoms with Crippen LogP contribution >= 0.6 is 0 Å². The highest BCUT2D eigenvalue weighted by atomic mass is 15.4. The molecule has 0 amide bonds. The van der Waals surface area contributed by atoms with Gasteiger partial charge in [-0.15, -0.1) is 0 Å². The van der Waals surface area contributed by atoms with Crippen molar-refractivity contribution in [3.63, 3.8) is 0 Å². The van der Waals surface area contributed by atoms with Gasteiger partial charge in [0.25, 0.3) is 0 Å². The summed E-state index contributed by atoms with van der Waals surface area (Å²) in [4.78, 5) is 19.6.